The summed E-state index contributed by atoms with van der Waals surface area (Å²) in [5.74, 6) is 7.55. The van der Waals surface area contributed by atoms with E-state index in [4.69, 9.17) is 63.2 Å². The molecule has 0 aliphatic heterocycles. The van der Waals surface area contributed by atoms with E-state index in [2.05, 4.69) is 84.7 Å². The van der Waals surface area contributed by atoms with Crippen LogP contribution in [-0.4, -0.2) is 119 Å². The van der Waals surface area contributed by atoms with Crippen molar-refractivity contribution in [2.24, 2.45) is 11.8 Å². The van der Waals surface area contributed by atoms with Crippen molar-refractivity contribution in [2.45, 2.75) is 117 Å². The normalized spacial score (nSPS) is 11.9. The summed E-state index contributed by atoms with van der Waals surface area (Å²) >= 11 is 18.0. The number of hydrogen-bond donors (Lipinski definition) is 0. The fourth-order valence-corrected chi connectivity index (χ4v) is 14.8. The third kappa shape index (κ3) is 33.3. The molecule has 2 aliphatic carbocycles. The SMILES string of the molecule is Cc1cc(Cl)cc(CC(=O)c2cc(Oc3cccnc3)ccn2)c1.Cc1ccc(CC(=O)c2cc(Oc3cccnc3)ccn2)cc1Cl.Cc1cncc(CC(=O)c2cc(Oc3cncnc3)ccn2)n1.O=C(CC1CCCC1)c1cc(Oc2cccnc2)ccn1.O=C(CC1CCCCC1)c1cc(Oc2cccnc2)ccn1.O=C(Cc1cc(Cl)ccn1)c1cc(Oc2cncnc2)ccn1. The Labute approximate surface area is 805 Å². The fourth-order valence-electron chi connectivity index (χ4n) is 14.1. The minimum Gasteiger partial charge on any atom is -0.456 e. The summed E-state index contributed by atoms with van der Waals surface area (Å²) < 4.78 is 33.9. The number of halogens is 3. The van der Waals surface area contributed by atoms with Gasteiger partial charge in [0.1, 0.15) is 104 Å². The molecule has 137 heavy (non-hydrogen) atoms. The number of carbonyl (C=O) groups excluding carboxylic acids is 6. The van der Waals surface area contributed by atoms with Crippen LogP contribution in [0.1, 0.15) is 173 Å². The van der Waals surface area contributed by atoms with Crippen molar-refractivity contribution in [3.63, 3.8) is 0 Å². The molecule has 0 N–H and O–H groups in total. The molecule has 690 valence electrons. The quantitative estimate of drug-likeness (QED) is 0.0377. The molecule has 0 amide bonds. The van der Waals surface area contributed by atoms with Gasteiger partial charge in [-0.1, -0.05) is 111 Å². The number of benzene rings is 2. The van der Waals surface area contributed by atoms with Crippen LogP contribution in [0.3, 0.4) is 0 Å². The number of nitrogens with zero attached hydrogens (tertiary/aromatic N) is 17. The molecule has 0 unspecified atom stereocenters. The first-order valence-corrected chi connectivity index (χ1v) is 44.9. The van der Waals surface area contributed by atoms with E-state index in [1.807, 2.05) is 75.4 Å². The second-order valence-electron chi connectivity index (χ2n) is 31.4. The molecule has 14 heterocycles. The zero-order valence-electron chi connectivity index (χ0n) is 74.8. The molecule has 29 nitrogen and oxygen atoms in total. The molecule has 2 aliphatic rings. The Bertz CT molecular complexity index is 6510. The minimum atomic E-state index is -0.172. The Balaban J connectivity index is 0.000000139. The molecule has 2 aromatic carbocycles. The molecule has 14 aromatic heterocycles. The summed E-state index contributed by atoms with van der Waals surface area (Å²) in [5.41, 5.74) is 7.99. The third-order valence-electron chi connectivity index (χ3n) is 20.6. The molecule has 0 saturated heterocycles. The van der Waals surface area contributed by atoms with Gasteiger partial charge in [0.2, 0.25) is 0 Å². The maximum Gasteiger partial charge on any atom is 0.187 e. The number of ether oxygens (including phenoxy) is 6. The maximum atomic E-state index is 12.5. The van der Waals surface area contributed by atoms with Gasteiger partial charge in [-0.3, -0.25) is 93.6 Å². The zero-order chi connectivity index (χ0) is 95.7. The van der Waals surface area contributed by atoms with Crippen molar-refractivity contribution in [3.05, 3.63) is 401 Å². The van der Waals surface area contributed by atoms with Gasteiger partial charge in [-0.05, 0) is 170 Å². The van der Waals surface area contributed by atoms with Crippen molar-refractivity contribution < 1.29 is 57.2 Å². The van der Waals surface area contributed by atoms with Gasteiger partial charge in [0.05, 0.1) is 73.8 Å². The number of carbonyl (C=O) groups is 6. The van der Waals surface area contributed by atoms with Crippen LogP contribution < -0.4 is 28.4 Å². The van der Waals surface area contributed by atoms with E-state index in [1.54, 1.807) is 208 Å². The highest BCUT2D eigenvalue weighted by Gasteiger charge is 2.23. The predicted octanol–water partition coefficient (Wildman–Crippen LogP) is 23.1. The second kappa shape index (κ2) is 51.9. The van der Waals surface area contributed by atoms with Crippen LogP contribution in [0.4, 0.5) is 0 Å². The van der Waals surface area contributed by atoms with E-state index >= 15 is 0 Å². The van der Waals surface area contributed by atoms with Gasteiger partial charge >= 0.3 is 0 Å². The van der Waals surface area contributed by atoms with E-state index in [-0.39, 0.29) is 60.4 Å². The lowest BCUT2D eigenvalue weighted by molar-refractivity contribution is 0.0940. The molecule has 0 radical (unpaired) electrons. The number of rotatable bonds is 30. The lowest BCUT2D eigenvalue weighted by atomic mass is 9.85. The summed E-state index contributed by atoms with van der Waals surface area (Å²) in [5, 5.41) is 1.82. The average Bonchev–Trinajstić information content (AvgIpc) is 1.16. The monoisotopic (exact) mass is 1890 g/mol. The summed E-state index contributed by atoms with van der Waals surface area (Å²) in [4.78, 5) is 143. The third-order valence-corrected chi connectivity index (χ3v) is 21.5. The molecular weight excluding hydrogens is 1800 g/mol. The Morgan fingerprint density at radius 2 is 0.635 bits per heavy atom. The first-order valence-electron chi connectivity index (χ1n) is 43.8. The van der Waals surface area contributed by atoms with E-state index in [0.29, 0.717) is 154 Å². The van der Waals surface area contributed by atoms with Gasteiger partial charge in [-0.2, -0.15) is 0 Å². The van der Waals surface area contributed by atoms with E-state index in [1.165, 1.54) is 81.9 Å². The van der Waals surface area contributed by atoms with Crippen molar-refractivity contribution >= 4 is 69.5 Å². The van der Waals surface area contributed by atoms with Crippen molar-refractivity contribution in [1.29, 1.82) is 0 Å². The molecule has 2 fully saturated rings. The highest BCUT2D eigenvalue weighted by Crippen LogP contribution is 2.33. The van der Waals surface area contributed by atoms with Crippen LogP contribution >= 0.6 is 34.8 Å². The molecular formula is C105H92Cl3N17O12. The molecule has 0 spiro atoms. The number of pyridine rings is 11. The summed E-state index contributed by atoms with van der Waals surface area (Å²) in [6.07, 6.45) is 49.2. The first kappa shape index (κ1) is 98.5. The Morgan fingerprint density at radius 3 is 1.00 bits per heavy atom. The van der Waals surface area contributed by atoms with Gasteiger partial charge in [-0.15, -0.1) is 0 Å². The van der Waals surface area contributed by atoms with E-state index in [9.17, 15) is 28.8 Å². The topological polar surface area (TPSA) is 377 Å². The number of hydrogen-bond acceptors (Lipinski definition) is 29. The van der Waals surface area contributed by atoms with Crippen molar-refractivity contribution in [3.8, 4) is 69.0 Å². The van der Waals surface area contributed by atoms with Gasteiger partial charge < -0.3 is 28.4 Å². The van der Waals surface area contributed by atoms with Gasteiger partial charge in [0, 0.05) is 163 Å². The Morgan fingerprint density at radius 1 is 0.285 bits per heavy atom. The summed E-state index contributed by atoms with van der Waals surface area (Å²) in [6, 6.07) is 49.0. The van der Waals surface area contributed by atoms with Gasteiger partial charge in [-0.25, -0.2) is 19.9 Å². The molecule has 32 heteroatoms. The first-order chi connectivity index (χ1) is 66.7. The van der Waals surface area contributed by atoms with Gasteiger partial charge in [0.25, 0.3) is 0 Å². The molecule has 16 aromatic rings. The molecule has 18 rings (SSSR count). The van der Waals surface area contributed by atoms with Crippen LogP contribution in [0.2, 0.25) is 15.1 Å². The summed E-state index contributed by atoms with van der Waals surface area (Å²) in [7, 11) is 0. The van der Waals surface area contributed by atoms with Gasteiger partial charge in [0.15, 0.2) is 46.2 Å². The molecule has 0 bridgehead atoms. The highest BCUT2D eigenvalue weighted by atomic mass is 35.5. The van der Waals surface area contributed by atoms with Crippen molar-refractivity contribution in [1.82, 2.24) is 84.7 Å². The average molecular weight is 1890 g/mol. The summed E-state index contributed by atoms with van der Waals surface area (Å²) in [6.45, 7) is 5.70. The standard InChI is InChI=1S/2C19H15ClN2O2.C18H20N2O2.C17H18N2O2.C16H11ClN4O2.C16H13N5O2/c1-13-4-5-14(9-17(13)20)10-19(23)18-11-15(6-8-22-18)24-16-3-2-7-21-12-16;1-13-7-14(9-15(20)8-13)10-19(23)18-11-16(4-6-22-18)24-17-3-2-5-21-12-17;21-18(11-14-5-2-1-3-6-14)17-12-15(8-10-20-17)22-16-7-4-9-19-13-16;20-17(10-13-4-1-2-5-13)16-11-14(7-9-19-16)21-15-6-3-8-18-12-15;17-11-1-3-20-12(5-11)6-16(22)15-7-13(2-4-21-15)23-14-8-18-10-19-9-14;1-11-6-17-7-12(21-11)4-16(22)15-5-13(2-3-20-15)23-14-8-18-10-19-9-14/h2*2-9,11-12H,10H2,1H3;4,7-10,12-14H,1-3,5-6,11H2;3,6-9,11-13H,1-2,4-5,10H2;1-5,7-10H,6H2;2-3,5-10H,4H2,1H3. The van der Waals surface area contributed by atoms with Crippen LogP contribution in [0.25, 0.3) is 0 Å². The Hall–Kier alpha value is -16.0. The van der Waals surface area contributed by atoms with Crippen LogP contribution in [0.15, 0.2) is 313 Å². The highest BCUT2D eigenvalue weighted by molar-refractivity contribution is 6.31. The smallest absolute Gasteiger partial charge is 0.187 e. The zero-order valence-corrected chi connectivity index (χ0v) is 77.1. The maximum absolute atomic E-state index is 12.5. The molecule has 0 atom stereocenters. The minimum absolute atomic E-state index is 0.0895. The predicted molar refractivity (Wildman–Crippen MR) is 514 cm³/mol. The van der Waals surface area contributed by atoms with Crippen LogP contribution in [0, 0.1) is 32.6 Å². The number of aryl methyl sites for hydroxylation is 3. The number of aromatic nitrogens is 17. The van der Waals surface area contributed by atoms with E-state index < -0.39 is 0 Å². The molecule has 2 saturated carbocycles. The van der Waals surface area contributed by atoms with Crippen LogP contribution in [0.5, 0.6) is 69.0 Å². The lowest BCUT2D eigenvalue weighted by Crippen LogP contribution is -2.13. The van der Waals surface area contributed by atoms with E-state index in [0.717, 1.165) is 53.6 Å². The second-order valence-corrected chi connectivity index (χ2v) is 32.7. The Kier molecular flexibility index (Phi) is 37.3. The lowest BCUT2D eigenvalue weighted by Gasteiger charge is -2.20. The number of ketones is 6. The number of Topliss-reactive ketones (excluding diaryl/α,β-unsaturated/α-hetero) is 6. The fraction of sp³-hybridized carbons (Fsp3) is 0.190. The van der Waals surface area contributed by atoms with Crippen LogP contribution in [-0.2, 0) is 25.7 Å². The van der Waals surface area contributed by atoms with Crippen molar-refractivity contribution in [2.75, 3.05) is 0 Å². The largest absolute Gasteiger partial charge is 0.456 e.